The molecular weight excluding hydrogens is 310 g/mol. The quantitative estimate of drug-likeness (QED) is 0.312. The fourth-order valence-corrected chi connectivity index (χ4v) is 3.49. The predicted molar refractivity (Wildman–Crippen MR) is 108 cm³/mol. The molecule has 0 saturated heterocycles. The number of aryl methyl sites for hydroxylation is 2. The molecule has 4 N–H and O–H groups in total. The standard InChI is InChI=1S/C22H39NO2/c1-2-3-4-5-6-7-10-21-14-13-20(18-22(21)23)12-11-19(15-17-25)9-8-16-24/h13-14,18-19,24-25H,2-12,15-17,23H2,1H3. The molecule has 0 spiro atoms. The van der Waals surface area contributed by atoms with Crippen LogP contribution in [-0.4, -0.2) is 23.4 Å². The van der Waals surface area contributed by atoms with Gasteiger partial charge in [-0.05, 0) is 68.1 Å². The van der Waals surface area contributed by atoms with E-state index in [-0.39, 0.29) is 13.2 Å². The first kappa shape index (κ1) is 22.0. The molecule has 0 amide bonds. The van der Waals surface area contributed by atoms with Gasteiger partial charge >= 0.3 is 0 Å². The van der Waals surface area contributed by atoms with E-state index in [1.807, 2.05) is 0 Å². The van der Waals surface area contributed by atoms with Crippen molar-refractivity contribution >= 4 is 5.69 Å². The summed E-state index contributed by atoms with van der Waals surface area (Å²) in [6.45, 7) is 2.72. The summed E-state index contributed by atoms with van der Waals surface area (Å²) in [5, 5.41) is 18.2. The minimum absolute atomic E-state index is 0.232. The SMILES string of the molecule is CCCCCCCCc1ccc(CCC(CCO)CCCO)cc1N. The molecule has 1 atom stereocenters. The summed E-state index contributed by atoms with van der Waals surface area (Å²) in [5.41, 5.74) is 9.76. The Kier molecular flexibility index (Phi) is 12.4. The largest absolute Gasteiger partial charge is 0.398 e. The normalized spacial score (nSPS) is 12.4. The lowest BCUT2D eigenvalue weighted by atomic mass is 9.92. The summed E-state index contributed by atoms with van der Waals surface area (Å²) >= 11 is 0. The Morgan fingerprint density at radius 2 is 1.60 bits per heavy atom. The van der Waals surface area contributed by atoms with E-state index < -0.39 is 0 Å². The lowest BCUT2D eigenvalue weighted by Gasteiger charge is -2.15. The van der Waals surface area contributed by atoms with Crippen LogP contribution in [0.1, 0.15) is 82.3 Å². The van der Waals surface area contributed by atoms with Crippen molar-refractivity contribution in [2.45, 2.75) is 84.0 Å². The Bertz CT molecular complexity index is 448. The molecule has 3 nitrogen and oxygen atoms in total. The summed E-state index contributed by atoms with van der Waals surface area (Å²) in [7, 11) is 0. The number of hydrogen-bond acceptors (Lipinski definition) is 3. The van der Waals surface area contributed by atoms with Crippen LogP contribution in [-0.2, 0) is 12.8 Å². The summed E-state index contributed by atoms with van der Waals surface area (Å²) in [4.78, 5) is 0. The first-order valence-corrected chi connectivity index (χ1v) is 10.3. The number of anilines is 1. The van der Waals surface area contributed by atoms with E-state index in [9.17, 15) is 5.11 Å². The van der Waals surface area contributed by atoms with Crippen molar-refractivity contribution in [1.82, 2.24) is 0 Å². The van der Waals surface area contributed by atoms with Gasteiger partial charge in [-0.1, -0.05) is 51.2 Å². The van der Waals surface area contributed by atoms with Gasteiger partial charge in [0.05, 0.1) is 0 Å². The van der Waals surface area contributed by atoms with Gasteiger partial charge in [0.25, 0.3) is 0 Å². The van der Waals surface area contributed by atoms with Crippen LogP contribution in [0.5, 0.6) is 0 Å². The van der Waals surface area contributed by atoms with Crippen molar-refractivity contribution in [2.75, 3.05) is 18.9 Å². The zero-order valence-electron chi connectivity index (χ0n) is 16.2. The molecule has 0 saturated carbocycles. The number of hydrogen-bond donors (Lipinski definition) is 3. The van der Waals surface area contributed by atoms with E-state index in [0.29, 0.717) is 5.92 Å². The van der Waals surface area contributed by atoms with E-state index >= 15 is 0 Å². The first-order valence-electron chi connectivity index (χ1n) is 10.3. The highest BCUT2D eigenvalue weighted by atomic mass is 16.3. The lowest BCUT2D eigenvalue weighted by Crippen LogP contribution is -2.06. The van der Waals surface area contributed by atoms with Gasteiger partial charge in [-0.15, -0.1) is 0 Å². The predicted octanol–water partition coefficient (Wildman–Crippen LogP) is 4.88. The molecule has 1 unspecified atom stereocenters. The average Bonchev–Trinajstić information content (AvgIpc) is 2.61. The minimum Gasteiger partial charge on any atom is -0.398 e. The highest BCUT2D eigenvalue weighted by Crippen LogP contribution is 2.22. The van der Waals surface area contributed by atoms with Gasteiger partial charge in [0.15, 0.2) is 0 Å². The van der Waals surface area contributed by atoms with E-state index in [2.05, 4.69) is 25.1 Å². The summed E-state index contributed by atoms with van der Waals surface area (Å²) < 4.78 is 0. The van der Waals surface area contributed by atoms with Crippen LogP contribution in [0, 0.1) is 5.92 Å². The molecule has 0 aliphatic rings. The maximum Gasteiger partial charge on any atom is 0.0433 e. The third-order valence-corrected chi connectivity index (χ3v) is 5.16. The Hall–Kier alpha value is -1.06. The van der Waals surface area contributed by atoms with E-state index in [0.717, 1.165) is 44.2 Å². The fraction of sp³-hybridized carbons (Fsp3) is 0.727. The molecule has 0 bridgehead atoms. The van der Waals surface area contributed by atoms with Gasteiger partial charge in [-0.2, -0.15) is 0 Å². The topological polar surface area (TPSA) is 66.5 Å². The zero-order chi connectivity index (χ0) is 18.3. The molecule has 0 aliphatic carbocycles. The Morgan fingerprint density at radius 1 is 0.840 bits per heavy atom. The molecule has 1 aromatic rings. The van der Waals surface area contributed by atoms with Gasteiger partial charge in [0.1, 0.15) is 0 Å². The van der Waals surface area contributed by atoms with Crippen molar-refractivity contribution in [3.63, 3.8) is 0 Å². The second kappa shape index (κ2) is 14.1. The van der Waals surface area contributed by atoms with Crippen molar-refractivity contribution in [1.29, 1.82) is 0 Å². The highest BCUT2D eigenvalue weighted by Gasteiger charge is 2.09. The van der Waals surface area contributed by atoms with Gasteiger partial charge in [0, 0.05) is 18.9 Å². The number of benzene rings is 1. The molecular formula is C22H39NO2. The van der Waals surface area contributed by atoms with Crippen LogP contribution in [0.3, 0.4) is 0 Å². The van der Waals surface area contributed by atoms with Crippen LogP contribution in [0.15, 0.2) is 18.2 Å². The Morgan fingerprint density at radius 3 is 2.28 bits per heavy atom. The van der Waals surface area contributed by atoms with Crippen molar-refractivity contribution < 1.29 is 10.2 Å². The molecule has 144 valence electrons. The van der Waals surface area contributed by atoms with Gasteiger partial charge in [-0.25, -0.2) is 0 Å². The molecule has 0 radical (unpaired) electrons. The molecule has 1 aromatic carbocycles. The summed E-state index contributed by atoms with van der Waals surface area (Å²) in [6.07, 6.45) is 13.7. The third kappa shape index (κ3) is 9.86. The molecule has 3 heteroatoms. The number of rotatable bonds is 15. The summed E-state index contributed by atoms with van der Waals surface area (Å²) in [5.74, 6) is 0.487. The number of nitrogen functional groups attached to an aromatic ring is 1. The third-order valence-electron chi connectivity index (χ3n) is 5.16. The average molecular weight is 350 g/mol. The van der Waals surface area contributed by atoms with Crippen LogP contribution in [0.4, 0.5) is 5.69 Å². The minimum atomic E-state index is 0.232. The second-order valence-corrected chi connectivity index (χ2v) is 7.33. The zero-order valence-corrected chi connectivity index (χ0v) is 16.2. The lowest BCUT2D eigenvalue weighted by molar-refractivity contribution is 0.227. The van der Waals surface area contributed by atoms with E-state index in [1.54, 1.807) is 0 Å². The molecule has 0 aliphatic heterocycles. The molecule has 1 rings (SSSR count). The Labute approximate surface area is 154 Å². The van der Waals surface area contributed by atoms with Crippen molar-refractivity contribution in [3.8, 4) is 0 Å². The maximum atomic E-state index is 9.18. The van der Waals surface area contributed by atoms with Crippen LogP contribution >= 0.6 is 0 Å². The monoisotopic (exact) mass is 349 g/mol. The second-order valence-electron chi connectivity index (χ2n) is 7.33. The van der Waals surface area contributed by atoms with Crippen LogP contribution in [0.25, 0.3) is 0 Å². The number of aliphatic hydroxyl groups excluding tert-OH is 2. The fourth-order valence-electron chi connectivity index (χ4n) is 3.49. The number of nitrogens with two attached hydrogens (primary N) is 1. The van der Waals surface area contributed by atoms with Crippen molar-refractivity contribution in [2.24, 2.45) is 5.92 Å². The Balaban J connectivity index is 2.38. The first-order chi connectivity index (χ1) is 12.2. The highest BCUT2D eigenvalue weighted by molar-refractivity contribution is 5.49. The smallest absolute Gasteiger partial charge is 0.0433 e. The molecule has 0 aromatic heterocycles. The van der Waals surface area contributed by atoms with E-state index in [1.165, 1.54) is 49.7 Å². The van der Waals surface area contributed by atoms with Gasteiger partial charge in [0.2, 0.25) is 0 Å². The summed E-state index contributed by atoms with van der Waals surface area (Å²) in [6, 6.07) is 6.55. The maximum absolute atomic E-state index is 9.18. The van der Waals surface area contributed by atoms with Crippen molar-refractivity contribution in [3.05, 3.63) is 29.3 Å². The van der Waals surface area contributed by atoms with Crippen LogP contribution < -0.4 is 5.73 Å². The molecule has 25 heavy (non-hydrogen) atoms. The number of unbranched alkanes of at least 4 members (excludes halogenated alkanes) is 5. The molecule has 0 fully saturated rings. The molecule has 0 heterocycles. The van der Waals surface area contributed by atoms with E-state index in [4.69, 9.17) is 10.8 Å². The van der Waals surface area contributed by atoms with Gasteiger partial charge in [-0.3, -0.25) is 0 Å². The van der Waals surface area contributed by atoms with Crippen LogP contribution in [0.2, 0.25) is 0 Å². The number of aliphatic hydroxyl groups is 2. The van der Waals surface area contributed by atoms with Gasteiger partial charge < -0.3 is 15.9 Å².